The van der Waals surface area contributed by atoms with Crippen LogP contribution in [0.4, 0.5) is 4.39 Å². The predicted molar refractivity (Wildman–Crippen MR) is 69.8 cm³/mol. The van der Waals surface area contributed by atoms with Gasteiger partial charge in [-0.2, -0.15) is 0 Å². The average molecular weight is 249 g/mol. The van der Waals surface area contributed by atoms with Gasteiger partial charge in [-0.15, -0.1) is 0 Å². The van der Waals surface area contributed by atoms with Gasteiger partial charge in [-0.3, -0.25) is 4.79 Å². The van der Waals surface area contributed by atoms with Crippen LogP contribution in [0.15, 0.2) is 24.3 Å². The molecular formula is C15H20FNO. The molecule has 1 aliphatic carbocycles. The second kappa shape index (κ2) is 5.98. The van der Waals surface area contributed by atoms with Crippen molar-refractivity contribution in [2.75, 3.05) is 6.54 Å². The topological polar surface area (TPSA) is 29.1 Å². The summed E-state index contributed by atoms with van der Waals surface area (Å²) >= 11 is 0. The van der Waals surface area contributed by atoms with E-state index in [4.69, 9.17) is 0 Å². The Balaban J connectivity index is 1.76. The fourth-order valence-electron chi connectivity index (χ4n) is 2.28. The molecule has 1 N–H and O–H groups in total. The molecule has 0 saturated heterocycles. The van der Waals surface area contributed by atoms with Crippen LogP contribution < -0.4 is 5.32 Å². The lowest BCUT2D eigenvalue weighted by atomic mass is 10.1. The number of amides is 1. The Morgan fingerprint density at radius 3 is 2.72 bits per heavy atom. The fraction of sp³-hybridized carbons (Fsp3) is 0.533. The lowest BCUT2D eigenvalue weighted by molar-refractivity contribution is -0.122. The van der Waals surface area contributed by atoms with E-state index in [9.17, 15) is 9.18 Å². The van der Waals surface area contributed by atoms with Crippen molar-refractivity contribution >= 4 is 5.91 Å². The molecule has 2 atom stereocenters. The van der Waals surface area contributed by atoms with Crippen LogP contribution >= 0.6 is 0 Å². The van der Waals surface area contributed by atoms with Gasteiger partial charge in [-0.25, -0.2) is 4.39 Å². The van der Waals surface area contributed by atoms with E-state index in [-0.39, 0.29) is 23.6 Å². The monoisotopic (exact) mass is 249 g/mol. The van der Waals surface area contributed by atoms with Gasteiger partial charge in [0.2, 0.25) is 5.91 Å². The summed E-state index contributed by atoms with van der Waals surface area (Å²) in [5.74, 6) is 0.314. The lowest BCUT2D eigenvalue weighted by Crippen LogP contribution is -2.26. The molecule has 0 spiro atoms. The first-order valence-corrected chi connectivity index (χ1v) is 6.75. The second-order valence-electron chi connectivity index (χ2n) is 5.00. The third-order valence-corrected chi connectivity index (χ3v) is 3.50. The minimum absolute atomic E-state index is 0.0945. The number of unbranched alkanes of at least 4 members (excludes halogenated alkanes) is 2. The number of hydrogen-bond acceptors (Lipinski definition) is 1. The van der Waals surface area contributed by atoms with Crippen LogP contribution in [0.3, 0.4) is 0 Å². The zero-order chi connectivity index (χ0) is 13.0. The van der Waals surface area contributed by atoms with Crippen molar-refractivity contribution in [3.8, 4) is 0 Å². The van der Waals surface area contributed by atoms with Gasteiger partial charge in [0, 0.05) is 12.5 Å². The van der Waals surface area contributed by atoms with Gasteiger partial charge in [0.05, 0.1) is 0 Å². The molecule has 1 amide bonds. The van der Waals surface area contributed by atoms with Gasteiger partial charge in [0.15, 0.2) is 0 Å². The first-order chi connectivity index (χ1) is 8.72. The highest BCUT2D eigenvalue weighted by Crippen LogP contribution is 2.47. The fourth-order valence-corrected chi connectivity index (χ4v) is 2.28. The second-order valence-corrected chi connectivity index (χ2v) is 5.00. The van der Waals surface area contributed by atoms with E-state index in [0.717, 1.165) is 37.8 Å². The average Bonchev–Trinajstić information content (AvgIpc) is 3.15. The lowest BCUT2D eigenvalue weighted by Gasteiger charge is -2.04. The molecule has 98 valence electrons. The Bertz CT molecular complexity index is 401. The van der Waals surface area contributed by atoms with Crippen molar-refractivity contribution in [2.45, 2.75) is 38.5 Å². The highest BCUT2D eigenvalue weighted by atomic mass is 19.1. The molecule has 2 rings (SSSR count). The van der Waals surface area contributed by atoms with E-state index < -0.39 is 0 Å². The first-order valence-electron chi connectivity index (χ1n) is 6.75. The number of hydrogen-bond donors (Lipinski definition) is 1. The SMILES string of the molecule is CCCCCNC(=O)C1CC1c1ccc(F)cc1. The number of rotatable bonds is 6. The van der Waals surface area contributed by atoms with Crippen molar-refractivity contribution in [2.24, 2.45) is 5.92 Å². The van der Waals surface area contributed by atoms with E-state index in [1.54, 1.807) is 12.1 Å². The molecule has 0 aliphatic heterocycles. The Morgan fingerprint density at radius 1 is 1.33 bits per heavy atom. The van der Waals surface area contributed by atoms with Crippen LogP contribution in [0, 0.1) is 11.7 Å². The molecule has 2 nitrogen and oxygen atoms in total. The molecule has 1 fully saturated rings. The Kier molecular flexibility index (Phi) is 4.34. The number of benzene rings is 1. The molecule has 1 aromatic carbocycles. The van der Waals surface area contributed by atoms with E-state index >= 15 is 0 Å². The van der Waals surface area contributed by atoms with Gasteiger partial charge < -0.3 is 5.32 Å². The van der Waals surface area contributed by atoms with E-state index in [2.05, 4.69) is 12.2 Å². The van der Waals surface area contributed by atoms with E-state index in [1.165, 1.54) is 12.1 Å². The number of nitrogens with one attached hydrogen (secondary N) is 1. The van der Waals surface area contributed by atoms with Crippen LogP contribution in [0.5, 0.6) is 0 Å². The Morgan fingerprint density at radius 2 is 2.06 bits per heavy atom. The molecule has 0 heterocycles. The molecular weight excluding hydrogens is 229 g/mol. The zero-order valence-electron chi connectivity index (χ0n) is 10.8. The van der Waals surface area contributed by atoms with Crippen molar-refractivity contribution in [1.82, 2.24) is 5.32 Å². The van der Waals surface area contributed by atoms with E-state index in [1.807, 2.05) is 0 Å². The first kappa shape index (κ1) is 13.1. The quantitative estimate of drug-likeness (QED) is 0.770. The van der Waals surface area contributed by atoms with Crippen LogP contribution in [-0.2, 0) is 4.79 Å². The summed E-state index contributed by atoms with van der Waals surface area (Å²) in [6.07, 6.45) is 4.27. The van der Waals surface area contributed by atoms with Gasteiger partial charge in [-0.05, 0) is 36.5 Å². The van der Waals surface area contributed by atoms with Crippen LogP contribution in [-0.4, -0.2) is 12.5 Å². The Labute approximate surface area is 108 Å². The predicted octanol–water partition coefficient (Wildman–Crippen LogP) is 3.24. The molecule has 3 heteroatoms. The van der Waals surface area contributed by atoms with Crippen LogP contribution in [0.25, 0.3) is 0 Å². The number of carbonyl (C=O) groups excluding carboxylic acids is 1. The van der Waals surface area contributed by atoms with Crippen LogP contribution in [0.1, 0.15) is 44.1 Å². The molecule has 0 bridgehead atoms. The molecule has 1 saturated carbocycles. The smallest absolute Gasteiger partial charge is 0.223 e. The van der Waals surface area contributed by atoms with Crippen molar-refractivity contribution in [1.29, 1.82) is 0 Å². The van der Waals surface area contributed by atoms with Crippen molar-refractivity contribution in [3.05, 3.63) is 35.6 Å². The summed E-state index contributed by atoms with van der Waals surface area (Å²) in [7, 11) is 0. The molecule has 2 unspecified atom stereocenters. The number of halogens is 1. The van der Waals surface area contributed by atoms with Crippen LogP contribution in [0.2, 0.25) is 0 Å². The standard InChI is InChI=1S/C15H20FNO/c1-2-3-4-9-17-15(18)14-10-13(14)11-5-7-12(16)8-6-11/h5-8,13-14H,2-4,9-10H2,1H3,(H,17,18). The zero-order valence-corrected chi connectivity index (χ0v) is 10.8. The highest BCUT2D eigenvalue weighted by molar-refractivity contribution is 5.82. The van der Waals surface area contributed by atoms with Crippen molar-refractivity contribution in [3.63, 3.8) is 0 Å². The van der Waals surface area contributed by atoms with Gasteiger partial charge in [0.1, 0.15) is 5.82 Å². The summed E-state index contributed by atoms with van der Waals surface area (Å²) in [6, 6.07) is 6.49. The molecule has 0 radical (unpaired) electrons. The third kappa shape index (κ3) is 3.31. The molecule has 1 aliphatic rings. The Hall–Kier alpha value is -1.38. The number of carbonyl (C=O) groups is 1. The third-order valence-electron chi connectivity index (χ3n) is 3.50. The summed E-state index contributed by atoms with van der Waals surface area (Å²) < 4.78 is 12.8. The van der Waals surface area contributed by atoms with Gasteiger partial charge >= 0.3 is 0 Å². The summed E-state index contributed by atoms with van der Waals surface area (Å²) in [5.41, 5.74) is 1.07. The van der Waals surface area contributed by atoms with E-state index in [0.29, 0.717) is 0 Å². The maximum Gasteiger partial charge on any atom is 0.223 e. The molecule has 18 heavy (non-hydrogen) atoms. The minimum atomic E-state index is -0.222. The largest absolute Gasteiger partial charge is 0.356 e. The summed E-state index contributed by atoms with van der Waals surface area (Å²) in [5, 5.41) is 2.98. The highest BCUT2D eigenvalue weighted by Gasteiger charge is 2.43. The normalized spacial score (nSPS) is 21.7. The maximum absolute atomic E-state index is 12.8. The van der Waals surface area contributed by atoms with Crippen molar-refractivity contribution < 1.29 is 9.18 Å². The molecule has 1 aromatic rings. The van der Waals surface area contributed by atoms with Gasteiger partial charge in [-0.1, -0.05) is 31.9 Å². The summed E-state index contributed by atoms with van der Waals surface area (Å²) in [4.78, 5) is 11.8. The van der Waals surface area contributed by atoms with Gasteiger partial charge in [0.25, 0.3) is 0 Å². The molecule has 0 aromatic heterocycles. The minimum Gasteiger partial charge on any atom is -0.356 e. The summed E-state index contributed by atoms with van der Waals surface area (Å²) in [6.45, 7) is 2.92. The maximum atomic E-state index is 12.8.